The number of aromatic nitrogens is 3. The summed E-state index contributed by atoms with van der Waals surface area (Å²) in [6.07, 6.45) is 5.30. The molecule has 0 saturated carbocycles. The number of hydrogen-bond acceptors (Lipinski definition) is 6. The van der Waals surface area contributed by atoms with E-state index < -0.39 is 0 Å². The maximum atomic E-state index is 12.2. The quantitative estimate of drug-likeness (QED) is 0.714. The molecular formula is C18H22N6O3. The number of imidazole rings is 1. The van der Waals surface area contributed by atoms with Crippen LogP contribution < -0.4 is 15.5 Å². The van der Waals surface area contributed by atoms with Crippen molar-refractivity contribution in [2.24, 2.45) is 0 Å². The Bertz CT molecular complexity index is 901. The van der Waals surface area contributed by atoms with Gasteiger partial charge in [-0.1, -0.05) is 0 Å². The summed E-state index contributed by atoms with van der Waals surface area (Å²) >= 11 is 0. The predicted octanol–water partition coefficient (Wildman–Crippen LogP) is 2.07. The number of carbonyl (C=O) groups excluding carboxylic acids is 1. The fraction of sp³-hybridized carbons (Fsp3) is 0.389. The highest BCUT2D eigenvalue weighted by Crippen LogP contribution is 2.25. The Labute approximate surface area is 156 Å². The first-order chi connectivity index (χ1) is 13.2. The van der Waals surface area contributed by atoms with Crippen LogP contribution in [0.25, 0.3) is 11.1 Å². The van der Waals surface area contributed by atoms with Crippen LogP contribution in [-0.4, -0.2) is 52.9 Å². The molecule has 142 valence electrons. The highest BCUT2D eigenvalue weighted by Gasteiger charge is 2.17. The molecule has 2 amide bonds. The van der Waals surface area contributed by atoms with E-state index in [1.807, 2.05) is 29.8 Å². The molecule has 0 radical (unpaired) electrons. The summed E-state index contributed by atoms with van der Waals surface area (Å²) in [5, 5.41) is 5.74. The van der Waals surface area contributed by atoms with Crippen molar-refractivity contribution in [3.8, 4) is 0 Å². The van der Waals surface area contributed by atoms with Crippen LogP contribution in [0.2, 0.25) is 0 Å². The van der Waals surface area contributed by atoms with Gasteiger partial charge in [-0.25, -0.2) is 9.78 Å². The summed E-state index contributed by atoms with van der Waals surface area (Å²) in [4.78, 5) is 22.8. The predicted molar refractivity (Wildman–Crippen MR) is 101 cm³/mol. The Morgan fingerprint density at radius 1 is 1.33 bits per heavy atom. The number of fused-ring (bicyclic) bond motifs is 1. The van der Waals surface area contributed by atoms with Gasteiger partial charge in [0.2, 0.25) is 0 Å². The van der Waals surface area contributed by atoms with Gasteiger partial charge in [0.05, 0.1) is 19.5 Å². The number of hydrogen-bond donors (Lipinski definition) is 2. The van der Waals surface area contributed by atoms with Crippen molar-refractivity contribution in [2.75, 3.05) is 36.5 Å². The number of nitrogens with one attached hydrogen (secondary N) is 2. The van der Waals surface area contributed by atoms with Gasteiger partial charge in [0, 0.05) is 49.8 Å². The molecule has 1 fully saturated rings. The minimum absolute atomic E-state index is 0.0406. The van der Waals surface area contributed by atoms with Gasteiger partial charge < -0.3 is 29.3 Å². The first-order valence-corrected chi connectivity index (χ1v) is 8.94. The Morgan fingerprint density at radius 3 is 2.96 bits per heavy atom. The number of rotatable bonds is 5. The van der Waals surface area contributed by atoms with E-state index in [0.29, 0.717) is 37.0 Å². The van der Waals surface area contributed by atoms with E-state index >= 15 is 0 Å². The summed E-state index contributed by atoms with van der Waals surface area (Å²) in [6.45, 7) is 5.45. The normalized spacial score (nSPS) is 15.7. The summed E-state index contributed by atoms with van der Waals surface area (Å²) in [7, 11) is 0. The summed E-state index contributed by atoms with van der Waals surface area (Å²) in [5.41, 5.74) is 2.05. The smallest absolute Gasteiger partial charge is 0.319 e. The van der Waals surface area contributed by atoms with Crippen LogP contribution in [0.15, 0.2) is 41.3 Å². The van der Waals surface area contributed by atoms with E-state index in [-0.39, 0.29) is 12.1 Å². The zero-order valence-electron chi connectivity index (χ0n) is 15.1. The molecule has 0 bridgehead atoms. The fourth-order valence-corrected chi connectivity index (χ4v) is 3.03. The zero-order chi connectivity index (χ0) is 18.6. The lowest BCUT2D eigenvalue weighted by atomic mass is 10.3. The van der Waals surface area contributed by atoms with Crippen LogP contribution >= 0.6 is 0 Å². The maximum Gasteiger partial charge on any atom is 0.319 e. The van der Waals surface area contributed by atoms with E-state index in [1.54, 1.807) is 18.6 Å². The lowest BCUT2D eigenvalue weighted by Gasteiger charge is -2.24. The van der Waals surface area contributed by atoms with Gasteiger partial charge in [0.1, 0.15) is 5.52 Å². The minimum Gasteiger partial charge on any atom is -0.423 e. The Kier molecular flexibility index (Phi) is 4.93. The highest BCUT2D eigenvalue weighted by atomic mass is 16.5. The molecule has 9 nitrogen and oxygen atoms in total. The minimum atomic E-state index is -0.269. The van der Waals surface area contributed by atoms with Gasteiger partial charge in [0.25, 0.3) is 6.01 Å². The fourth-order valence-electron chi connectivity index (χ4n) is 3.03. The molecule has 1 aliphatic rings. The van der Waals surface area contributed by atoms with E-state index in [0.717, 1.165) is 18.6 Å². The third-order valence-corrected chi connectivity index (χ3v) is 4.34. The van der Waals surface area contributed by atoms with Gasteiger partial charge in [-0.15, -0.1) is 0 Å². The van der Waals surface area contributed by atoms with Gasteiger partial charge >= 0.3 is 6.03 Å². The van der Waals surface area contributed by atoms with E-state index in [2.05, 4.69) is 25.5 Å². The molecule has 1 atom stereocenters. The zero-order valence-corrected chi connectivity index (χ0v) is 15.1. The van der Waals surface area contributed by atoms with Crippen LogP contribution in [-0.2, 0) is 11.3 Å². The van der Waals surface area contributed by atoms with Crippen molar-refractivity contribution in [3.63, 3.8) is 0 Å². The molecule has 0 aliphatic carbocycles. The molecule has 27 heavy (non-hydrogen) atoms. The Morgan fingerprint density at radius 2 is 2.19 bits per heavy atom. The molecule has 2 aromatic heterocycles. The number of morpholine rings is 1. The standard InChI is InChI=1S/C18H22N6O3/c1-13(11-23-5-4-19-12-23)20-17(25)21-14-2-3-15-16(10-14)27-18(22-15)24-6-8-26-9-7-24/h2-5,10,12-13H,6-9,11H2,1H3,(H2,20,21,25)/t13-/m1/s1. The van der Waals surface area contributed by atoms with E-state index in [4.69, 9.17) is 9.15 Å². The Balaban J connectivity index is 1.38. The molecule has 3 aromatic rings. The SMILES string of the molecule is C[C@H](Cn1ccnc1)NC(=O)Nc1ccc2nc(N3CCOCC3)oc2c1. The van der Waals surface area contributed by atoms with Crippen molar-refractivity contribution >= 4 is 28.8 Å². The first-order valence-electron chi connectivity index (χ1n) is 8.94. The third kappa shape index (κ3) is 4.20. The molecular weight excluding hydrogens is 348 g/mol. The molecule has 1 saturated heterocycles. The molecule has 3 heterocycles. The van der Waals surface area contributed by atoms with Crippen LogP contribution in [0.4, 0.5) is 16.5 Å². The maximum absolute atomic E-state index is 12.2. The van der Waals surface area contributed by atoms with Crippen LogP contribution in [0, 0.1) is 0 Å². The number of carbonyl (C=O) groups is 1. The molecule has 9 heteroatoms. The monoisotopic (exact) mass is 370 g/mol. The van der Waals surface area contributed by atoms with Crippen LogP contribution in [0.1, 0.15) is 6.92 Å². The topological polar surface area (TPSA) is 97.5 Å². The van der Waals surface area contributed by atoms with Crippen molar-refractivity contribution in [2.45, 2.75) is 19.5 Å². The average molecular weight is 370 g/mol. The van der Waals surface area contributed by atoms with Gasteiger partial charge in [0.15, 0.2) is 5.58 Å². The lowest BCUT2D eigenvalue weighted by Crippen LogP contribution is -2.38. The summed E-state index contributed by atoms with van der Waals surface area (Å²) in [5.74, 6) is 0. The van der Waals surface area contributed by atoms with Crippen molar-refractivity contribution in [3.05, 3.63) is 36.9 Å². The lowest BCUT2D eigenvalue weighted by molar-refractivity contribution is 0.120. The number of benzene rings is 1. The molecule has 4 rings (SSSR count). The molecule has 1 aromatic carbocycles. The first kappa shape index (κ1) is 17.3. The molecule has 0 spiro atoms. The number of ether oxygens (including phenoxy) is 1. The number of oxazole rings is 1. The van der Waals surface area contributed by atoms with Crippen LogP contribution in [0.5, 0.6) is 0 Å². The number of anilines is 2. The van der Waals surface area contributed by atoms with Crippen molar-refractivity contribution < 1.29 is 13.9 Å². The van der Waals surface area contributed by atoms with Crippen LogP contribution in [0.3, 0.4) is 0 Å². The van der Waals surface area contributed by atoms with Crippen molar-refractivity contribution in [1.29, 1.82) is 0 Å². The number of amides is 2. The number of urea groups is 1. The van der Waals surface area contributed by atoms with E-state index in [1.165, 1.54) is 0 Å². The van der Waals surface area contributed by atoms with Gasteiger partial charge in [-0.3, -0.25) is 0 Å². The second-order valence-electron chi connectivity index (χ2n) is 6.54. The second kappa shape index (κ2) is 7.67. The summed E-state index contributed by atoms with van der Waals surface area (Å²) < 4.78 is 13.1. The Hall–Kier alpha value is -3.07. The average Bonchev–Trinajstić information content (AvgIpc) is 3.31. The highest BCUT2D eigenvalue weighted by molar-refractivity contribution is 5.91. The summed E-state index contributed by atoms with van der Waals surface area (Å²) in [6, 6.07) is 5.72. The largest absolute Gasteiger partial charge is 0.423 e. The van der Waals surface area contributed by atoms with Gasteiger partial charge in [-0.2, -0.15) is 4.98 Å². The van der Waals surface area contributed by atoms with Gasteiger partial charge in [-0.05, 0) is 19.1 Å². The van der Waals surface area contributed by atoms with E-state index in [9.17, 15) is 4.79 Å². The molecule has 2 N–H and O–H groups in total. The molecule has 0 unspecified atom stereocenters. The molecule has 1 aliphatic heterocycles. The third-order valence-electron chi connectivity index (χ3n) is 4.34. The van der Waals surface area contributed by atoms with Crippen molar-refractivity contribution in [1.82, 2.24) is 19.9 Å². The number of nitrogens with zero attached hydrogens (tertiary/aromatic N) is 4. The second-order valence-corrected chi connectivity index (χ2v) is 6.54.